The molecule has 1 aromatic rings. The lowest BCUT2D eigenvalue weighted by Gasteiger charge is -2.04. The van der Waals surface area contributed by atoms with Crippen molar-refractivity contribution in [2.75, 3.05) is 0 Å². The fraction of sp³-hybridized carbons (Fsp3) is 0.111. The molecule has 4 heteroatoms. The van der Waals surface area contributed by atoms with Gasteiger partial charge in [-0.3, -0.25) is 9.59 Å². The predicted molar refractivity (Wildman–Crippen MR) is 57.8 cm³/mol. The van der Waals surface area contributed by atoms with Crippen molar-refractivity contribution in [2.24, 2.45) is 5.73 Å². The van der Waals surface area contributed by atoms with Crippen LogP contribution >= 0.6 is 22.6 Å². The quantitative estimate of drug-likeness (QED) is 0.662. The molecule has 68 valence electrons. The van der Waals surface area contributed by atoms with Gasteiger partial charge in [-0.25, -0.2) is 0 Å². The van der Waals surface area contributed by atoms with Crippen molar-refractivity contribution in [2.45, 2.75) is 6.92 Å². The summed E-state index contributed by atoms with van der Waals surface area (Å²) in [5.41, 5.74) is 6.57. The smallest absolute Gasteiger partial charge is 0.249 e. The van der Waals surface area contributed by atoms with Gasteiger partial charge < -0.3 is 5.73 Å². The lowest BCUT2D eigenvalue weighted by atomic mass is 10.0. The van der Waals surface area contributed by atoms with Crippen molar-refractivity contribution in [3.8, 4) is 0 Å². The van der Waals surface area contributed by atoms with Crippen molar-refractivity contribution in [3.05, 3.63) is 32.4 Å². The SMILES string of the molecule is Cc1cc(I)cc(C(N)=O)c1C=O. The first kappa shape index (κ1) is 10.2. The zero-order valence-corrected chi connectivity index (χ0v) is 9.16. The van der Waals surface area contributed by atoms with E-state index in [1.807, 2.05) is 6.07 Å². The zero-order valence-electron chi connectivity index (χ0n) is 7.00. The summed E-state index contributed by atoms with van der Waals surface area (Å²) >= 11 is 2.07. The summed E-state index contributed by atoms with van der Waals surface area (Å²) in [6.07, 6.45) is 0.658. The lowest BCUT2D eigenvalue weighted by Crippen LogP contribution is -2.14. The maximum Gasteiger partial charge on any atom is 0.249 e. The van der Waals surface area contributed by atoms with Crippen LogP contribution in [0.2, 0.25) is 0 Å². The monoisotopic (exact) mass is 289 g/mol. The summed E-state index contributed by atoms with van der Waals surface area (Å²) in [6, 6.07) is 3.44. The van der Waals surface area contributed by atoms with Gasteiger partial charge in [0.1, 0.15) is 0 Å². The molecule has 1 rings (SSSR count). The average molecular weight is 289 g/mol. The number of rotatable bonds is 2. The van der Waals surface area contributed by atoms with Crippen LogP contribution in [0.15, 0.2) is 12.1 Å². The molecule has 3 nitrogen and oxygen atoms in total. The second-order valence-electron chi connectivity index (χ2n) is 2.67. The van der Waals surface area contributed by atoms with Crippen LogP contribution in [0, 0.1) is 10.5 Å². The molecule has 0 aliphatic rings. The predicted octanol–water partition coefficient (Wildman–Crippen LogP) is 1.51. The number of primary amides is 1. The largest absolute Gasteiger partial charge is 0.366 e. The van der Waals surface area contributed by atoms with E-state index in [0.29, 0.717) is 17.4 Å². The van der Waals surface area contributed by atoms with Gasteiger partial charge in [0, 0.05) is 9.13 Å². The molecular weight excluding hydrogens is 281 g/mol. The van der Waals surface area contributed by atoms with E-state index in [4.69, 9.17) is 5.73 Å². The molecule has 13 heavy (non-hydrogen) atoms. The van der Waals surface area contributed by atoms with Crippen LogP contribution in [0.1, 0.15) is 26.3 Å². The number of hydrogen-bond acceptors (Lipinski definition) is 2. The van der Waals surface area contributed by atoms with Crippen molar-refractivity contribution in [1.29, 1.82) is 0 Å². The van der Waals surface area contributed by atoms with E-state index in [9.17, 15) is 9.59 Å². The Morgan fingerprint density at radius 1 is 1.54 bits per heavy atom. The summed E-state index contributed by atoms with van der Waals surface area (Å²) in [5, 5.41) is 0. The summed E-state index contributed by atoms with van der Waals surface area (Å²) < 4.78 is 0.898. The first-order valence-electron chi connectivity index (χ1n) is 3.61. The Kier molecular flexibility index (Phi) is 3.02. The molecule has 0 saturated carbocycles. The maximum atomic E-state index is 10.9. The van der Waals surface area contributed by atoms with Crippen LogP contribution in [0.3, 0.4) is 0 Å². The highest BCUT2D eigenvalue weighted by molar-refractivity contribution is 14.1. The second kappa shape index (κ2) is 3.87. The minimum Gasteiger partial charge on any atom is -0.366 e. The van der Waals surface area contributed by atoms with Gasteiger partial charge in [0.15, 0.2) is 6.29 Å². The third-order valence-electron chi connectivity index (χ3n) is 1.73. The second-order valence-corrected chi connectivity index (χ2v) is 3.91. The molecule has 0 fully saturated rings. The number of benzene rings is 1. The fourth-order valence-electron chi connectivity index (χ4n) is 1.11. The number of halogens is 1. The Balaban J connectivity index is 3.46. The molecule has 0 radical (unpaired) electrons. The molecule has 0 atom stereocenters. The highest BCUT2D eigenvalue weighted by Crippen LogP contribution is 2.16. The van der Waals surface area contributed by atoms with Crippen molar-refractivity contribution < 1.29 is 9.59 Å². The highest BCUT2D eigenvalue weighted by atomic mass is 127. The van der Waals surface area contributed by atoms with E-state index >= 15 is 0 Å². The van der Waals surface area contributed by atoms with Gasteiger partial charge in [0.2, 0.25) is 5.91 Å². The Labute approximate surface area is 89.5 Å². The standard InChI is InChI=1S/C9H8INO2/c1-5-2-6(10)3-7(9(11)13)8(5)4-12/h2-4H,1H3,(H2,11,13). The van der Waals surface area contributed by atoms with Gasteiger partial charge in [0.25, 0.3) is 0 Å². The topological polar surface area (TPSA) is 60.2 Å². The maximum absolute atomic E-state index is 10.9. The van der Waals surface area contributed by atoms with Gasteiger partial charge in [-0.1, -0.05) is 0 Å². The first-order valence-corrected chi connectivity index (χ1v) is 4.69. The zero-order chi connectivity index (χ0) is 10.0. The molecule has 0 bridgehead atoms. The molecule has 2 N–H and O–H groups in total. The van der Waals surface area contributed by atoms with Gasteiger partial charge >= 0.3 is 0 Å². The summed E-state index contributed by atoms with van der Waals surface area (Å²) in [6.45, 7) is 1.78. The van der Waals surface area contributed by atoms with Gasteiger partial charge in [0.05, 0.1) is 5.56 Å². The van der Waals surface area contributed by atoms with Crippen LogP contribution < -0.4 is 5.73 Å². The van der Waals surface area contributed by atoms with E-state index in [1.165, 1.54) is 0 Å². The molecule has 1 amide bonds. The number of carbonyl (C=O) groups excluding carboxylic acids is 2. The molecule has 0 aromatic heterocycles. The Morgan fingerprint density at radius 2 is 2.15 bits per heavy atom. The molecule has 0 heterocycles. The molecule has 0 spiro atoms. The van der Waals surface area contributed by atoms with E-state index in [-0.39, 0.29) is 0 Å². The molecule has 0 aliphatic carbocycles. The number of carbonyl (C=O) groups is 2. The molecule has 0 unspecified atom stereocenters. The number of aldehydes is 1. The average Bonchev–Trinajstić information content (AvgIpc) is 2.02. The van der Waals surface area contributed by atoms with Crippen LogP contribution in [-0.2, 0) is 0 Å². The third-order valence-corrected chi connectivity index (χ3v) is 2.36. The normalized spacial score (nSPS) is 9.69. The van der Waals surface area contributed by atoms with E-state index in [0.717, 1.165) is 9.13 Å². The van der Waals surface area contributed by atoms with E-state index in [2.05, 4.69) is 22.6 Å². The Bertz CT molecular complexity index is 374. The molecule has 0 aliphatic heterocycles. The minimum atomic E-state index is -0.566. The third kappa shape index (κ3) is 2.06. The summed E-state index contributed by atoms with van der Waals surface area (Å²) in [5.74, 6) is -0.566. The van der Waals surface area contributed by atoms with Crippen LogP contribution in [0.5, 0.6) is 0 Å². The van der Waals surface area contributed by atoms with Crippen LogP contribution in [-0.4, -0.2) is 12.2 Å². The highest BCUT2D eigenvalue weighted by Gasteiger charge is 2.10. The van der Waals surface area contributed by atoms with Gasteiger partial charge in [-0.2, -0.15) is 0 Å². The summed E-state index contributed by atoms with van der Waals surface area (Å²) in [4.78, 5) is 21.6. The number of amides is 1. The van der Waals surface area contributed by atoms with Crippen LogP contribution in [0.25, 0.3) is 0 Å². The Morgan fingerprint density at radius 3 is 2.62 bits per heavy atom. The van der Waals surface area contributed by atoms with E-state index < -0.39 is 5.91 Å². The van der Waals surface area contributed by atoms with Gasteiger partial charge in [-0.15, -0.1) is 0 Å². The molecule has 0 saturated heterocycles. The number of hydrogen-bond donors (Lipinski definition) is 1. The van der Waals surface area contributed by atoms with Crippen molar-refractivity contribution in [1.82, 2.24) is 0 Å². The lowest BCUT2D eigenvalue weighted by molar-refractivity contribution is 0.0993. The minimum absolute atomic E-state index is 0.291. The molecule has 1 aromatic carbocycles. The van der Waals surface area contributed by atoms with Crippen molar-refractivity contribution >= 4 is 34.8 Å². The molecular formula is C9H8INO2. The number of nitrogens with two attached hydrogens (primary N) is 1. The van der Waals surface area contributed by atoms with Gasteiger partial charge in [-0.05, 0) is 47.2 Å². The van der Waals surface area contributed by atoms with Crippen LogP contribution in [0.4, 0.5) is 0 Å². The Hall–Kier alpha value is -0.910. The number of aryl methyl sites for hydroxylation is 1. The fourth-order valence-corrected chi connectivity index (χ4v) is 1.89. The van der Waals surface area contributed by atoms with Crippen molar-refractivity contribution in [3.63, 3.8) is 0 Å². The summed E-state index contributed by atoms with van der Waals surface area (Å²) in [7, 11) is 0. The van der Waals surface area contributed by atoms with E-state index in [1.54, 1.807) is 13.0 Å². The first-order chi connectivity index (χ1) is 6.06.